The molecule has 0 aromatic heterocycles. The lowest BCUT2D eigenvalue weighted by molar-refractivity contribution is -0.122. The molecule has 2 atom stereocenters. The molecule has 4 heteroatoms. The van der Waals surface area contributed by atoms with Crippen molar-refractivity contribution in [3.63, 3.8) is 0 Å². The van der Waals surface area contributed by atoms with E-state index in [2.05, 4.69) is 19.2 Å². The molecule has 1 amide bonds. The zero-order valence-electron chi connectivity index (χ0n) is 12.2. The van der Waals surface area contributed by atoms with Gasteiger partial charge in [0.15, 0.2) is 0 Å². The number of carbonyl (C=O) groups is 1. The Labute approximate surface area is 112 Å². The minimum atomic E-state index is 0.136. The van der Waals surface area contributed by atoms with Crippen LogP contribution in [0.2, 0.25) is 0 Å². The third kappa shape index (κ3) is 8.48. The summed E-state index contributed by atoms with van der Waals surface area (Å²) in [5.74, 6) is 0.727. The van der Waals surface area contributed by atoms with Crippen molar-refractivity contribution in [2.45, 2.75) is 58.4 Å². The van der Waals surface area contributed by atoms with Crippen LogP contribution in [0.3, 0.4) is 0 Å². The number of amides is 1. The summed E-state index contributed by atoms with van der Waals surface area (Å²) in [5.41, 5.74) is 5.59. The van der Waals surface area contributed by atoms with Crippen molar-refractivity contribution in [2.75, 3.05) is 20.3 Å². The van der Waals surface area contributed by atoms with Crippen molar-refractivity contribution in [3.05, 3.63) is 0 Å². The number of rotatable bonds is 11. The third-order valence-electron chi connectivity index (χ3n) is 3.28. The van der Waals surface area contributed by atoms with Crippen LogP contribution in [-0.2, 0) is 9.53 Å². The van der Waals surface area contributed by atoms with Gasteiger partial charge in [-0.15, -0.1) is 0 Å². The van der Waals surface area contributed by atoms with Gasteiger partial charge in [0.2, 0.25) is 5.91 Å². The number of nitrogens with one attached hydrogen (secondary N) is 1. The van der Waals surface area contributed by atoms with Gasteiger partial charge in [-0.25, -0.2) is 0 Å². The van der Waals surface area contributed by atoms with Crippen LogP contribution in [-0.4, -0.2) is 32.2 Å². The van der Waals surface area contributed by atoms with Crippen LogP contribution >= 0.6 is 0 Å². The van der Waals surface area contributed by atoms with Crippen LogP contribution in [0.5, 0.6) is 0 Å². The average Bonchev–Trinajstić information content (AvgIpc) is 2.36. The highest BCUT2D eigenvalue weighted by molar-refractivity contribution is 5.76. The molecule has 0 fully saturated rings. The van der Waals surface area contributed by atoms with Crippen LogP contribution < -0.4 is 11.1 Å². The summed E-state index contributed by atoms with van der Waals surface area (Å²) in [6.45, 7) is 5.53. The van der Waals surface area contributed by atoms with Crippen molar-refractivity contribution in [1.82, 2.24) is 5.32 Å². The molecule has 0 saturated heterocycles. The lowest BCUT2D eigenvalue weighted by Gasteiger charge is -2.18. The first kappa shape index (κ1) is 17.4. The summed E-state index contributed by atoms with van der Waals surface area (Å²) in [4.78, 5) is 11.8. The Morgan fingerprint density at radius 2 is 2.00 bits per heavy atom. The Balaban J connectivity index is 3.91. The normalized spacial score (nSPS) is 14.2. The molecular formula is C14H30N2O2. The lowest BCUT2D eigenvalue weighted by atomic mass is 9.94. The summed E-state index contributed by atoms with van der Waals surface area (Å²) in [6, 6.07) is 0.140. The van der Waals surface area contributed by atoms with E-state index in [4.69, 9.17) is 10.5 Å². The maximum Gasteiger partial charge on any atom is 0.220 e. The molecule has 0 bridgehead atoms. The Morgan fingerprint density at radius 1 is 1.28 bits per heavy atom. The molecule has 0 saturated carbocycles. The number of hydrogen-bond donors (Lipinski definition) is 2. The van der Waals surface area contributed by atoms with Gasteiger partial charge in [0.25, 0.3) is 0 Å². The predicted molar refractivity (Wildman–Crippen MR) is 75.4 cm³/mol. The molecule has 0 aliphatic carbocycles. The molecule has 0 heterocycles. The highest BCUT2D eigenvalue weighted by Gasteiger charge is 2.13. The fourth-order valence-corrected chi connectivity index (χ4v) is 2.17. The van der Waals surface area contributed by atoms with Crippen molar-refractivity contribution in [2.24, 2.45) is 11.7 Å². The van der Waals surface area contributed by atoms with E-state index in [9.17, 15) is 4.79 Å². The SMILES string of the molecule is CCCC(CCN)CCC(=O)NC(CC)COC. The van der Waals surface area contributed by atoms with Crippen molar-refractivity contribution >= 4 is 5.91 Å². The van der Waals surface area contributed by atoms with E-state index in [-0.39, 0.29) is 11.9 Å². The van der Waals surface area contributed by atoms with E-state index in [0.717, 1.165) is 25.7 Å². The fourth-order valence-electron chi connectivity index (χ4n) is 2.17. The topological polar surface area (TPSA) is 64.4 Å². The van der Waals surface area contributed by atoms with Crippen LogP contribution in [0.15, 0.2) is 0 Å². The van der Waals surface area contributed by atoms with Gasteiger partial charge in [0.05, 0.1) is 12.6 Å². The molecule has 0 spiro atoms. The Hall–Kier alpha value is -0.610. The molecule has 0 aromatic rings. The number of carbonyl (C=O) groups excluding carboxylic acids is 1. The summed E-state index contributed by atoms with van der Waals surface area (Å²) < 4.78 is 5.07. The van der Waals surface area contributed by atoms with E-state index < -0.39 is 0 Å². The number of methoxy groups -OCH3 is 1. The summed E-state index contributed by atoms with van der Waals surface area (Å²) in [5, 5.41) is 3.01. The van der Waals surface area contributed by atoms with Gasteiger partial charge in [0, 0.05) is 13.5 Å². The second-order valence-corrected chi connectivity index (χ2v) is 4.90. The Bertz CT molecular complexity index is 204. The van der Waals surface area contributed by atoms with Crippen LogP contribution in [0.1, 0.15) is 52.4 Å². The predicted octanol–water partition coefficient (Wildman–Crippen LogP) is 2.07. The van der Waals surface area contributed by atoms with Crippen LogP contribution in [0.25, 0.3) is 0 Å². The lowest BCUT2D eigenvalue weighted by Crippen LogP contribution is -2.37. The molecule has 0 rings (SSSR count). The van der Waals surface area contributed by atoms with Gasteiger partial charge < -0.3 is 15.8 Å². The molecule has 4 nitrogen and oxygen atoms in total. The summed E-state index contributed by atoms with van der Waals surface area (Å²) >= 11 is 0. The van der Waals surface area contributed by atoms with Gasteiger partial charge in [-0.2, -0.15) is 0 Å². The first-order valence-electron chi connectivity index (χ1n) is 7.16. The van der Waals surface area contributed by atoms with Gasteiger partial charge in [-0.1, -0.05) is 26.7 Å². The van der Waals surface area contributed by atoms with Crippen molar-refractivity contribution in [3.8, 4) is 0 Å². The van der Waals surface area contributed by atoms with Crippen LogP contribution in [0, 0.1) is 5.92 Å². The highest BCUT2D eigenvalue weighted by Crippen LogP contribution is 2.16. The van der Waals surface area contributed by atoms with Crippen molar-refractivity contribution in [1.29, 1.82) is 0 Å². The number of nitrogens with two attached hydrogens (primary N) is 1. The van der Waals surface area contributed by atoms with Crippen LogP contribution in [0.4, 0.5) is 0 Å². The number of ether oxygens (including phenoxy) is 1. The van der Waals surface area contributed by atoms with Gasteiger partial charge >= 0.3 is 0 Å². The summed E-state index contributed by atoms with van der Waals surface area (Å²) in [7, 11) is 1.66. The third-order valence-corrected chi connectivity index (χ3v) is 3.28. The second-order valence-electron chi connectivity index (χ2n) is 4.90. The van der Waals surface area contributed by atoms with Gasteiger partial charge in [-0.05, 0) is 31.7 Å². The highest BCUT2D eigenvalue weighted by atomic mass is 16.5. The van der Waals surface area contributed by atoms with E-state index in [1.54, 1.807) is 7.11 Å². The van der Waals surface area contributed by atoms with Crippen molar-refractivity contribution < 1.29 is 9.53 Å². The minimum Gasteiger partial charge on any atom is -0.383 e. The van der Waals surface area contributed by atoms with E-state index >= 15 is 0 Å². The standard InChI is InChI=1S/C14H30N2O2/c1-4-6-12(9-10-15)7-8-14(17)16-13(5-2)11-18-3/h12-13H,4-11,15H2,1-3H3,(H,16,17). The maximum atomic E-state index is 11.8. The fraction of sp³-hybridized carbons (Fsp3) is 0.929. The monoisotopic (exact) mass is 258 g/mol. The Morgan fingerprint density at radius 3 is 2.50 bits per heavy atom. The molecule has 3 N–H and O–H groups in total. The number of hydrogen-bond acceptors (Lipinski definition) is 3. The first-order valence-corrected chi connectivity index (χ1v) is 7.16. The molecule has 108 valence electrons. The molecule has 0 aromatic carbocycles. The zero-order valence-corrected chi connectivity index (χ0v) is 12.2. The Kier molecular flexibility index (Phi) is 11.1. The molecular weight excluding hydrogens is 228 g/mol. The van der Waals surface area contributed by atoms with E-state index in [1.807, 2.05) is 0 Å². The summed E-state index contributed by atoms with van der Waals surface area (Å²) in [6.07, 6.45) is 5.80. The average molecular weight is 258 g/mol. The van der Waals surface area contributed by atoms with E-state index in [1.165, 1.54) is 6.42 Å². The first-order chi connectivity index (χ1) is 8.67. The molecule has 0 radical (unpaired) electrons. The minimum absolute atomic E-state index is 0.136. The van der Waals surface area contributed by atoms with Gasteiger partial charge in [-0.3, -0.25) is 4.79 Å². The zero-order chi connectivity index (χ0) is 13.8. The van der Waals surface area contributed by atoms with Gasteiger partial charge in [0.1, 0.15) is 0 Å². The van der Waals surface area contributed by atoms with E-state index in [0.29, 0.717) is 25.5 Å². The molecule has 18 heavy (non-hydrogen) atoms. The molecule has 0 aliphatic heterocycles. The molecule has 0 aliphatic rings. The smallest absolute Gasteiger partial charge is 0.220 e. The largest absolute Gasteiger partial charge is 0.383 e. The molecule has 2 unspecified atom stereocenters. The maximum absolute atomic E-state index is 11.8. The second kappa shape index (κ2) is 11.5. The quantitative estimate of drug-likeness (QED) is 0.596.